The largest absolute Gasteiger partial charge is 0.339 e. The number of nitrogens with zero attached hydrogens (tertiary/aromatic N) is 3. The summed E-state index contributed by atoms with van der Waals surface area (Å²) in [5.74, 6) is -0.0985. The van der Waals surface area contributed by atoms with Gasteiger partial charge in [-0.1, -0.05) is 36.4 Å². The standard InChI is InChI=1S/C25H24N4O2/c1-18-6-5-13-29-17-21(27-23(18)29)25(20-7-3-2-4-8-20)10-14-28(15-11-25)24(31)19-9-12-26-22(30)16-19/h2-9,12-13,16-17H,10-11,14-15H2,1H3,(H,26,30). The molecular formula is C25H24N4O2. The van der Waals surface area contributed by atoms with Gasteiger partial charge in [-0.2, -0.15) is 0 Å². The maximum atomic E-state index is 13.0. The lowest BCUT2D eigenvalue weighted by molar-refractivity contribution is 0.0684. The van der Waals surface area contributed by atoms with Gasteiger partial charge in [0, 0.05) is 48.7 Å². The van der Waals surface area contributed by atoms with E-state index in [4.69, 9.17) is 4.98 Å². The number of rotatable bonds is 3. The van der Waals surface area contributed by atoms with Crippen LogP contribution in [0.1, 0.15) is 40.0 Å². The van der Waals surface area contributed by atoms with Gasteiger partial charge in [0.1, 0.15) is 5.65 Å². The minimum Gasteiger partial charge on any atom is -0.339 e. The van der Waals surface area contributed by atoms with Crippen molar-refractivity contribution in [3.05, 3.63) is 106 Å². The third-order valence-electron chi connectivity index (χ3n) is 6.42. The monoisotopic (exact) mass is 412 g/mol. The first-order valence-electron chi connectivity index (χ1n) is 10.6. The second kappa shape index (κ2) is 7.54. The number of hydrogen-bond acceptors (Lipinski definition) is 3. The van der Waals surface area contributed by atoms with E-state index in [9.17, 15) is 9.59 Å². The minimum absolute atomic E-state index is 0.0985. The number of amides is 1. The van der Waals surface area contributed by atoms with Crippen LogP contribution in [0.2, 0.25) is 0 Å². The van der Waals surface area contributed by atoms with Crippen LogP contribution in [0.4, 0.5) is 0 Å². The van der Waals surface area contributed by atoms with E-state index in [2.05, 4.69) is 52.8 Å². The van der Waals surface area contributed by atoms with Crippen molar-refractivity contribution < 1.29 is 4.79 Å². The summed E-state index contributed by atoms with van der Waals surface area (Å²) in [5.41, 5.74) is 4.27. The highest BCUT2D eigenvalue weighted by Gasteiger charge is 2.41. The highest BCUT2D eigenvalue weighted by Crippen LogP contribution is 2.41. The summed E-state index contributed by atoms with van der Waals surface area (Å²) in [5, 5.41) is 0. The Balaban J connectivity index is 1.51. The Morgan fingerprint density at radius 2 is 1.84 bits per heavy atom. The number of aryl methyl sites for hydroxylation is 1. The number of pyridine rings is 2. The number of fused-ring (bicyclic) bond motifs is 1. The first-order valence-corrected chi connectivity index (χ1v) is 10.6. The zero-order valence-electron chi connectivity index (χ0n) is 17.4. The van der Waals surface area contributed by atoms with Crippen LogP contribution in [0, 0.1) is 6.92 Å². The third kappa shape index (κ3) is 3.34. The summed E-state index contributed by atoms with van der Waals surface area (Å²) in [6.45, 7) is 3.28. The average molecular weight is 412 g/mol. The number of benzene rings is 1. The topological polar surface area (TPSA) is 70.5 Å². The maximum absolute atomic E-state index is 13.0. The number of imidazole rings is 1. The molecule has 0 atom stereocenters. The predicted molar refractivity (Wildman–Crippen MR) is 119 cm³/mol. The molecule has 1 aliphatic rings. The third-order valence-corrected chi connectivity index (χ3v) is 6.42. The summed E-state index contributed by atoms with van der Waals surface area (Å²) < 4.78 is 2.09. The van der Waals surface area contributed by atoms with Crippen LogP contribution >= 0.6 is 0 Å². The van der Waals surface area contributed by atoms with Crippen molar-refractivity contribution in [3.63, 3.8) is 0 Å². The van der Waals surface area contributed by atoms with E-state index in [1.54, 1.807) is 6.07 Å². The average Bonchev–Trinajstić information content (AvgIpc) is 3.26. The highest BCUT2D eigenvalue weighted by molar-refractivity contribution is 5.94. The van der Waals surface area contributed by atoms with E-state index in [0.717, 1.165) is 29.7 Å². The van der Waals surface area contributed by atoms with Crippen molar-refractivity contribution >= 4 is 11.6 Å². The minimum atomic E-state index is -0.262. The lowest BCUT2D eigenvalue weighted by Crippen LogP contribution is -2.46. The number of H-pyrrole nitrogens is 1. The molecule has 0 spiro atoms. The molecule has 5 rings (SSSR count). The number of aromatic amines is 1. The van der Waals surface area contributed by atoms with E-state index in [0.29, 0.717) is 18.7 Å². The Morgan fingerprint density at radius 1 is 1.06 bits per heavy atom. The molecule has 1 aromatic carbocycles. The lowest BCUT2D eigenvalue weighted by atomic mass is 9.70. The van der Waals surface area contributed by atoms with E-state index in [1.807, 2.05) is 23.2 Å². The molecular weight excluding hydrogens is 388 g/mol. The second-order valence-corrected chi connectivity index (χ2v) is 8.23. The number of likely N-dealkylation sites (tertiary alicyclic amines) is 1. The van der Waals surface area contributed by atoms with Gasteiger partial charge >= 0.3 is 0 Å². The smallest absolute Gasteiger partial charge is 0.254 e. The van der Waals surface area contributed by atoms with Crippen molar-refractivity contribution in [2.75, 3.05) is 13.1 Å². The van der Waals surface area contributed by atoms with Crippen molar-refractivity contribution in [2.45, 2.75) is 25.2 Å². The Labute approximate surface area is 180 Å². The molecule has 4 heterocycles. The molecule has 0 aliphatic carbocycles. The number of hydrogen-bond donors (Lipinski definition) is 1. The van der Waals surface area contributed by atoms with Crippen LogP contribution < -0.4 is 5.56 Å². The molecule has 0 unspecified atom stereocenters. The van der Waals surface area contributed by atoms with Crippen LogP contribution in [-0.4, -0.2) is 38.3 Å². The fraction of sp³-hybridized carbons (Fsp3) is 0.240. The van der Waals surface area contributed by atoms with Gasteiger partial charge in [-0.15, -0.1) is 0 Å². The predicted octanol–water partition coefficient (Wildman–Crippen LogP) is 3.55. The molecule has 0 saturated carbocycles. The van der Waals surface area contributed by atoms with Gasteiger partial charge in [-0.05, 0) is 43.0 Å². The van der Waals surface area contributed by atoms with Crippen LogP contribution in [0.25, 0.3) is 5.65 Å². The first-order chi connectivity index (χ1) is 15.1. The van der Waals surface area contributed by atoms with Gasteiger partial charge in [0.15, 0.2) is 0 Å². The lowest BCUT2D eigenvalue weighted by Gasteiger charge is -2.41. The van der Waals surface area contributed by atoms with Gasteiger partial charge in [0.25, 0.3) is 5.91 Å². The zero-order chi connectivity index (χ0) is 21.4. The SMILES string of the molecule is Cc1cccn2cc(C3(c4ccccc4)CCN(C(=O)c4cc[nH]c(=O)c4)CC3)nc12. The van der Waals surface area contributed by atoms with Crippen LogP contribution in [0.5, 0.6) is 0 Å². The summed E-state index contributed by atoms with van der Waals surface area (Å²) in [6.07, 6.45) is 7.23. The van der Waals surface area contributed by atoms with Crippen molar-refractivity contribution in [3.8, 4) is 0 Å². The van der Waals surface area contributed by atoms with Crippen LogP contribution in [0.15, 0.2) is 78.0 Å². The number of nitrogens with one attached hydrogen (secondary N) is 1. The van der Waals surface area contributed by atoms with Crippen molar-refractivity contribution in [1.29, 1.82) is 0 Å². The summed E-state index contributed by atoms with van der Waals surface area (Å²) in [4.78, 5) is 34.0. The van der Waals surface area contributed by atoms with Crippen LogP contribution in [0.3, 0.4) is 0 Å². The van der Waals surface area contributed by atoms with Crippen molar-refractivity contribution in [2.24, 2.45) is 0 Å². The fourth-order valence-corrected chi connectivity index (χ4v) is 4.69. The molecule has 3 aromatic heterocycles. The Kier molecular flexibility index (Phi) is 4.70. The van der Waals surface area contributed by atoms with E-state index in [1.165, 1.54) is 17.8 Å². The molecule has 1 fully saturated rings. The van der Waals surface area contributed by atoms with Crippen LogP contribution in [-0.2, 0) is 5.41 Å². The summed E-state index contributed by atoms with van der Waals surface area (Å²) in [6, 6.07) is 17.6. The maximum Gasteiger partial charge on any atom is 0.254 e. The van der Waals surface area contributed by atoms with Gasteiger partial charge in [0.05, 0.1) is 5.69 Å². The Hall–Kier alpha value is -3.67. The number of carbonyl (C=O) groups excluding carboxylic acids is 1. The van der Waals surface area contributed by atoms with E-state index >= 15 is 0 Å². The zero-order valence-corrected chi connectivity index (χ0v) is 17.4. The van der Waals surface area contributed by atoms with Gasteiger partial charge < -0.3 is 14.3 Å². The molecule has 6 nitrogen and oxygen atoms in total. The first kappa shape index (κ1) is 19.3. The van der Waals surface area contributed by atoms with Crippen molar-refractivity contribution in [1.82, 2.24) is 19.3 Å². The molecule has 1 saturated heterocycles. The molecule has 31 heavy (non-hydrogen) atoms. The quantitative estimate of drug-likeness (QED) is 0.559. The molecule has 1 aliphatic heterocycles. The Morgan fingerprint density at radius 3 is 2.55 bits per heavy atom. The molecule has 4 aromatic rings. The molecule has 6 heteroatoms. The van der Waals surface area contributed by atoms with Gasteiger partial charge in [-0.25, -0.2) is 4.98 Å². The molecule has 0 radical (unpaired) electrons. The fourth-order valence-electron chi connectivity index (χ4n) is 4.69. The second-order valence-electron chi connectivity index (χ2n) is 8.23. The van der Waals surface area contributed by atoms with E-state index in [-0.39, 0.29) is 16.9 Å². The molecule has 1 amide bonds. The number of carbonyl (C=O) groups is 1. The highest BCUT2D eigenvalue weighted by atomic mass is 16.2. The normalized spacial score (nSPS) is 15.8. The van der Waals surface area contributed by atoms with Gasteiger partial charge in [-0.3, -0.25) is 9.59 Å². The molecule has 156 valence electrons. The molecule has 0 bridgehead atoms. The number of aromatic nitrogens is 3. The Bertz CT molecular complexity index is 1300. The van der Waals surface area contributed by atoms with E-state index < -0.39 is 0 Å². The molecule has 1 N–H and O–H groups in total. The van der Waals surface area contributed by atoms with Gasteiger partial charge in [0.2, 0.25) is 5.56 Å². The summed E-state index contributed by atoms with van der Waals surface area (Å²) >= 11 is 0. The number of piperidine rings is 1. The summed E-state index contributed by atoms with van der Waals surface area (Å²) in [7, 11) is 0.